The Morgan fingerprint density at radius 2 is 1.54 bits per heavy atom. The second kappa shape index (κ2) is 15.5. The van der Waals surface area contributed by atoms with Crippen LogP contribution in [0.25, 0.3) is 0 Å². The van der Waals surface area contributed by atoms with E-state index in [1.807, 2.05) is 0 Å². The molecule has 0 spiro atoms. The number of carbonyl (C=O) groups is 3. The van der Waals surface area contributed by atoms with Gasteiger partial charge in [-0.15, -0.1) is 0 Å². The number of hydrogen-bond donors (Lipinski definition) is 5. The Hall–Kier alpha value is -4.64. The number of rotatable bonds is 12. The lowest BCUT2D eigenvalue weighted by molar-refractivity contribution is -0.145. The minimum Gasteiger partial charge on any atom is -0.481 e. The van der Waals surface area contributed by atoms with Crippen molar-refractivity contribution in [2.75, 3.05) is 49.1 Å². The molecule has 18 heteroatoms. The molecule has 0 radical (unpaired) electrons. The highest BCUT2D eigenvalue weighted by Crippen LogP contribution is 2.34. The fourth-order valence-electron chi connectivity index (χ4n) is 5.55. The number of nitrogens with one attached hydrogen (secondary N) is 4. The Labute approximate surface area is 271 Å². The van der Waals surface area contributed by atoms with E-state index in [2.05, 4.69) is 25.9 Å². The summed E-state index contributed by atoms with van der Waals surface area (Å²) in [6.45, 7) is 1.04. The van der Waals surface area contributed by atoms with Crippen molar-refractivity contribution in [1.29, 1.82) is 5.41 Å². The first-order valence-corrected chi connectivity index (χ1v) is 15.3. The van der Waals surface area contributed by atoms with E-state index in [1.54, 1.807) is 4.90 Å². The van der Waals surface area contributed by atoms with Crippen LogP contribution >= 0.6 is 0 Å². The predicted molar refractivity (Wildman–Crippen MR) is 162 cm³/mol. The Kier molecular flexibility index (Phi) is 11.7. The van der Waals surface area contributed by atoms with E-state index in [-0.39, 0.29) is 62.2 Å². The molecule has 4 rings (SSSR count). The number of hydrogen-bond acceptors (Lipinski definition) is 8. The molecule has 12 nitrogen and oxygen atoms in total. The molecule has 5 N–H and O–H groups in total. The van der Waals surface area contributed by atoms with Crippen LogP contribution in [0.3, 0.4) is 0 Å². The maximum absolute atomic E-state index is 13.9. The molecule has 262 valence electrons. The van der Waals surface area contributed by atoms with Gasteiger partial charge in [-0.05, 0) is 49.3 Å². The van der Waals surface area contributed by atoms with Gasteiger partial charge in [-0.1, -0.05) is 12.1 Å². The van der Waals surface area contributed by atoms with E-state index in [0.29, 0.717) is 44.5 Å². The number of anilines is 2. The molecule has 3 heterocycles. The van der Waals surface area contributed by atoms with E-state index in [4.69, 9.17) is 10.5 Å². The number of aliphatic carboxylic acids is 1. The van der Waals surface area contributed by atoms with Crippen molar-refractivity contribution in [2.24, 2.45) is 5.92 Å². The van der Waals surface area contributed by atoms with Gasteiger partial charge in [-0.2, -0.15) is 26.3 Å². The summed E-state index contributed by atoms with van der Waals surface area (Å²) in [4.78, 5) is 46.0. The van der Waals surface area contributed by atoms with Gasteiger partial charge in [0, 0.05) is 50.9 Å². The highest BCUT2D eigenvalue weighted by Gasteiger charge is 2.40. The van der Waals surface area contributed by atoms with Gasteiger partial charge in [0.1, 0.15) is 17.7 Å². The van der Waals surface area contributed by atoms with Crippen molar-refractivity contribution < 1.29 is 45.8 Å². The number of aromatic nitrogens is 2. The molecule has 1 aromatic heterocycles. The third-order valence-corrected chi connectivity index (χ3v) is 8.12. The van der Waals surface area contributed by atoms with Crippen molar-refractivity contribution >= 4 is 35.3 Å². The number of piperidine rings is 1. The minimum atomic E-state index is -4.88. The summed E-state index contributed by atoms with van der Waals surface area (Å²) < 4.78 is 80.2. The first-order valence-electron chi connectivity index (χ1n) is 15.3. The molecular weight excluding hydrogens is 650 g/mol. The van der Waals surface area contributed by atoms with Gasteiger partial charge in [0.25, 0.3) is 0 Å². The predicted octanol–water partition coefficient (Wildman–Crippen LogP) is 3.85. The molecule has 2 saturated heterocycles. The highest BCUT2D eigenvalue weighted by molar-refractivity contribution is 5.99. The van der Waals surface area contributed by atoms with Crippen molar-refractivity contribution in [1.82, 2.24) is 25.9 Å². The fourth-order valence-corrected chi connectivity index (χ4v) is 5.55. The molecule has 0 bridgehead atoms. The first-order chi connectivity index (χ1) is 22.6. The Bertz CT molecular complexity index is 1460. The second-order valence-electron chi connectivity index (χ2n) is 11.6. The van der Waals surface area contributed by atoms with Crippen LogP contribution in [0.4, 0.5) is 42.8 Å². The normalized spacial score (nSPS) is 17.4. The maximum Gasteiger partial charge on any atom is 0.451 e. The third-order valence-electron chi connectivity index (χ3n) is 8.12. The molecule has 1 atom stereocenters. The van der Waals surface area contributed by atoms with E-state index >= 15 is 0 Å². The minimum absolute atomic E-state index is 0.00371. The summed E-state index contributed by atoms with van der Waals surface area (Å²) in [5.41, 5.74) is -0.127. The average molecular weight is 687 g/mol. The van der Waals surface area contributed by atoms with E-state index in [9.17, 15) is 40.7 Å². The Morgan fingerprint density at radius 3 is 2.17 bits per heavy atom. The lowest BCUT2D eigenvalue weighted by Gasteiger charge is -2.34. The summed E-state index contributed by atoms with van der Waals surface area (Å²) in [6.07, 6.45) is -7.53. The number of urea groups is 1. The number of halogens is 6. The summed E-state index contributed by atoms with van der Waals surface area (Å²) in [6, 6.07) is 4.36. The van der Waals surface area contributed by atoms with Crippen molar-refractivity contribution in [3.63, 3.8) is 0 Å². The zero-order chi connectivity index (χ0) is 35.1. The molecule has 0 unspecified atom stereocenters. The standard InChI is InChI=1S/C30H36F6N8O4/c31-29(32,33)20-3-1-18(2-4-20)5-10-38-26(47)22-15-21(37)17-44(22)24-16-23(41-27(42-24)30(34,35)36)43-13-8-19(9-14-43)6-11-39-28(48)40-12-7-25(45)46/h1-4,16,19,22,37H,5-15,17H2,(H,38,47)(H,45,46)(H2,39,40,48)/t22-/m0/s1. The summed E-state index contributed by atoms with van der Waals surface area (Å²) in [7, 11) is 0. The van der Waals surface area contributed by atoms with Crippen LogP contribution in [-0.4, -0.2) is 84.0 Å². The number of carbonyl (C=O) groups excluding carboxylic acids is 2. The van der Waals surface area contributed by atoms with Crippen LogP contribution in [0, 0.1) is 11.3 Å². The lowest BCUT2D eigenvalue weighted by Crippen LogP contribution is -2.44. The molecule has 2 aliphatic rings. The molecule has 2 fully saturated rings. The smallest absolute Gasteiger partial charge is 0.451 e. The topological polar surface area (TPSA) is 164 Å². The van der Waals surface area contributed by atoms with Crippen molar-refractivity contribution in [3.8, 4) is 0 Å². The van der Waals surface area contributed by atoms with Gasteiger partial charge < -0.3 is 36.3 Å². The van der Waals surface area contributed by atoms with Gasteiger partial charge >= 0.3 is 24.4 Å². The summed E-state index contributed by atoms with van der Waals surface area (Å²) in [5.74, 6) is -2.91. The molecule has 2 aliphatic heterocycles. The zero-order valence-corrected chi connectivity index (χ0v) is 25.8. The Balaban J connectivity index is 1.37. The molecule has 0 saturated carbocycles. The number of amides is 3. The van der Waals surface area contributed by atoms with Gasteiger partial charge in [0.15, 0.2) is 0 Å². The largest absolute Gasteiger partial charge is 0.481 e. The first kappa shape index (κ1) is 36.2. The molecular formula is C30H36F6N8O4. The summed E-state index contributed by atoms with van der Waals surface area (Å²) in [5, 5.41) is 24.6. The van der Waals surface area contributed by atoms with Crippen molar-refractivity contribution in [3.05, 3.63) is 47.3 Å². The van der Waals surface area contributed by atoms with Crippen LogP contribution in [0.15, 0.2) is 30.3 Å². The number of carboxylic acid groups (broad SMARTS) is 1. The molecule has 0 aliphatic carbocycles. The number of nitrogens with zero attached hydrogens (tertiary/aromatic N) is 4. The molecule has 1 aromatic carbocycles. The quantitative estimate of drug-likeness (QED) is 0.210. The molecule has 3 amide bonds. The van der Waals surface area contributed by atoms with Gasteiger partial charge in [-0.3, -0.25) is 9.59 Å². The monoisotopic (exact) mass is 686 g/mol. The highest BCUT2D eigenvalue weighted by atomic mass is 19.4. The van der Waals surface area contributed by atoms with Crippen LogP contribution < -0.4 is 25.8 Å². The number of alkyl halides is 6. The Morgan fingerprint density at radius 1 is 0.896 bits per heavy atom. The van der Waals surface area contributed by atoms with Crippen LogP contribution in [0.2, 0.25) is 0 Å². The second-order valence-corrected chi connectivity index (χ2v) is 11.6. The number of benzene rings is 1. The summed E-state index contributed by atoms with van der Waals surface area (Å²) >= 11 is 0. The number of carboxylic acids is 1. The van der Waals surface area contributed by atoms with Crippen LogP contribution in [-0.2, 0) is 28.4 Å². The van der Waals surface area contributed by atoms with E-state index in [0.717, 1.165) is 12.1 Å². The average Bonchev–Trinajstić information content (AvgIpc) is 3.42. The fraction of sp³-hybridized carbons (Fsp3) is 0.533. The van der Waals surface area contributed by atoms with Gasteiger partial charge in [0.05, 0.1) is 18.5 Å². The third kappa shape index (κ3) is 10.2. The van der Waals surface area contributed by atoms with E-state index < -0.39 is 47.7 Å². The zero-order valence-electron chi connectivity index (χ0n) is 25.8. The van der Waals surface area contributed by atoms with Gasteiger partial charge in [0.2, 0.25) is 11.7 Å². The van der Waals surface area contributed by atoms with Crippen LogP contribution in [0.5, 0.6) is 0 Å². The lowest BCUT2D eigenvalue weighted by atomic mass is 9.93. The SMILES string of the molecule is N=C1C[C@@H](C(=O)NCCc2ccc(C(F)(F)F)cc2)N(c2cc(N3CCC(CCNC(=O)NCCC(=O)O)CC3)nc(C(F)(F)F)n2)C1. The maximum atomic E-state index is 13.9. The van der Waals surface area contributed by atoms with Crippen molar-refractivity contribution in [2.45, 2.75) is 56.9 Å². The van der Waals surface area contributed by atoms with Crippen LogP contribution in [0.1, 0.15) is 49.1 Å². The van der Waals surface area contributed by atoms with E-state index in [1.165, 1.54) is 23.1 Å². The molecule has 48 heavy (non-hydrogen) atoms. The molecule has 2 aromatic rings. The van der Waals surface area contributed by atoms with Gasteiger partial charge in [-0.25, -0.2) is 14.8 Å².